The Kier molecular flexibility index (Phi) is 6.77. The summed E-state index contributed by atoms with van der Waals surface area (Å²) < 4.78 is 16.4. The van der Waals surface area contributed by atoms with Crippen molar-refractivity contribution >= 4 is 33.9 Å². The van der Waals surface area contributed by atoms with Crippen molar-refractivity contribution in [3.05, 3.63) is 93.8 Å². The number of rotatable bonds is 7. The highest BCUT2D eigenvalue weighted by Crippen LogP contribution is 2.33. The van der Waals surface area contributed by atoms with E-state index in [1.807, 2.05) is 65.6 Å². The molecule has 2 N–H and O–H groups in total. The first-order valence-electron chi connectivity index (χ1n) is 11.8. The second kappa shape index (κ2) is 10.3. The number of para-hydroxylation sites is 1. The van der Waals surface area contributed by atoms with Crippen molar-refractivity contribution in [3.63, 3.8) is 0 Å². The van der Waals surface area contributed by atoms with E-state index in [9.17, 15) is 4.79 Å². The number of hydrogen-bond acceptors (Lipinski definition) is 5. The van der Waals surface area contributed by atoms with E-state index in [4.69, 9.17) is 26.4 Å². The van der Waals surface area contributed by atoms with Crippen LogP contribution in [-0.4, -0.2) is 28.9 Å². The number of anilines is 1. The maximum atomic E-state index is 13.0. The van der Waals surface area contributed by atoms with Crippen molar-refractivity contribution in [1.82, 2.24) is 9.88 Å². The van der Waals surface area contributed by atoms with Gasteiger partial charge in [0.05, 0.1) is 13.7 Å². The average Bonchev–Trinajstić information content (AvgIpc) is 3.36. The lowest BCUT2D eigenvalue weighted by molar-refractivity contribution is 0.174. The molecule has 0 amide bonds. The standard InChI is InChI=1S/C28H27N3O4S/c1-3-19-6-4-5-7-23(19)30-28(36)31(15-18-8-11-25-26(12-18)35-17-34-25)16-21-13-20-14-22(33-2)9-10-24(20)29-27(21)32/h4-14H,3,15-17H2,1-2H3,(H,29,32)(H,30,36). The van der Waals surface area contributed by atoms with Crippen LogP contribution in [0.15, 0.2) is 71.5 Å². The van der Waals surface area contributed by atoms with Crippen LogP contribution >= 0.6 is 12.2 Å². The first-order chi connectivity index (χ1) is 17.5. The van der Waals surface area contributed by atoms with Crippen molar-refractivity contribution < 1.29 is 14.2 Å². The number of nitrogens with zero attached hydrogens (tertiary/aromatic N) is 1. The Morgan fingerprint density at radius 3 is 2.69 bits per heavy atom. The van der Waals surface area contributed by atoms with Gasteiger partial charge in [0.25, 0.3) is 5.56 Å². The first-order valence-corrected chi connectivity index (χ1v) is 12.2. The number of aromatic nitrogens is 1. The molecule has 0 spiro atoms. The summed E-state index contributed by atoms with van der Waals surface area (Å²) in [5, 5.41) is 4.82. The second-order valence-electron chi connectivity index (χ2n) is 8.56. The number of fused-ring (bicyclic) bond motifs is 2. The van der Waals surface area contributed by atoms with Gasteiger partial charge in [-0.3, -0.25) is 4.79 Å². The smallest absolute Gasteiger partial charge is 0.253 e. The molecule has 0 bridgehead atoms. The third-order valence-corrected chi connectivity index (χ3v) is 6.59. The lowest BCUT2D eigenvalue weighted by Gasteiger charge is -2.27. The van der Waals surface area contributed by atoms with Gasteiger partial charge in [-0.15, -0.1) is 0 Å². The molecule has 1 aromatic heterocycles. The maximum Gasteiger partial charge on any atom is 0.253 e. The molecule has 0 saturated heterocycles. The fraction of sp³-hybridized carbons (Fsp3) is 0.214. The minimum Gasteiger partial charge on any atom is -0.497 e. The van der Waals surface area contributed by atoms with Gasteiger partial charge in [0.15, 0.2) is 16.6 Å². The number of thiocarbonyl (C=S) groups is 1. The normalized spacial score (nSPS) is 11.9. The number of pyridine rings is 1. The zero-order valence-corrected chi connectivity index (χ0v) is 21.0. The quantitative estimate of drug-likeness (QED) is 0.336. The monoisotopic (exact) mass is 501 g/mol. The largest absolute Gasteiger partial charge is 0.497 e. The summed E-state index contributed by atoms with van der Waals surface area (Å²) in [6.45, 7) is 3.12. The summed E-state index contributed by atoms with van der Waals surface area (Å²) in [5.74, 6) is 2.16. The Balaban J connectivity index is 1.48. The molecular weight excluding hydrogens is 474 g/mol. The van der Waals surface area contributed by atoms with E-state index in [1.165, 1.54) is 5.56 Å². The number of hydrogen-bond donors (Lipinski definition) is 2. The Hall–Kier alpha value is -4.04. The van der Waals surface area contributed by atoms with Crippen molar-refractivity contribution in [1.29, 1.82) is 0 Å². The van der Waals surface area contributed by atoms with Crippen LogP contribution in [0.1, 0.15) is 23.6 Å². The Morgan fingerprint density at radius 1 is 1.03 bits per heavy atom. The third kappa shape index (κ3) is 4.99. The van der Waals surface area contributed by atoms with E-state index in [-0.39, 0.29) is 12.4 Å². The van der Waals surface area contributed by atoms with Gasteiger partial charge in [-0.2, -0.15) is 0 Å². The molecule has 5 rings (SSSR count). The molecule has 7 nitrogen and oxygen atoms in total. The molecule has 8 heteroatoms. The Labute approximate surface area is 214 Å². The summed E-state index contributed by atoms with van der Waals surface area (Å²) in [4.78, 5) is 18.0. The second-order valence-corrected chi connectivity index (χ2v) is 8.95. The van der Waals surface area contributed by atoms with Crippen LogP contribution in [0.3, 0.4) is 0 Å². The van der Waals surface area contributed by atoms with Crippen LogP contribution in [0.25, 0.3) is 10.9 Å². The minimum atomic E-state index is -0.153. The molecule has 1 aliphatic heterocycles. The topological polar surface area (TPSA) is 75.8 Å². The molecule has 4 aromatic rings. The number of aromatic amines is 1. The molecule has 0 unspecified atom stereocenters. The van der Waals surface area contributed by atoms with Gasteiger partial charge in [-0.25, -0.2) is 0 Å². The first kappa shape index (κ1) is 23.7. The molecule has 2 heterocycles. The number of aryl methyl sites for hydroxylation is 1. The summed E-state index contributed by atoms with van der Waals surface area (Å²) in [6.07, 6.45) is 0.875. The van der Waals surface area contributed by atoms with Crippen LogP contribution in [0, 0.1) is 0 Å². The highest BCUT2D eigenvalue weighted by atomic mass is 32.1. The molecule has 0 saturated carbocycles. The maximum absolute atomic E-state index is 13.0. The van der Waals surface area contributed by atoms with Crippen LogP contribution in [0.2, 0.25) is 0 Å². The van der Waals surface area contributed by atoms with Gasteiger partial charge < -0.3 is 29.4 Å². The van der Waals surface area contributed by atoms with E-state index in [0.717, 1.165) is 40.1 Å². The van der Waals surface area contributed by atoms with Gasteiger partial charge in [0.1, 0.15) is 5.75 Å². The van der Waals surface area contributed by atoms with Gasteiger partial charge in [0, 0.05) is 28.7 Å². The van der Waals surface area contributed by atoms with Crippen molar-refractivity contribution in [2.75, 3.05) is 19.2 Å². The highest BCUT2D eigenvalue weighted by Gasteiger charge is 2.18. The third-order valence-electron chi connectivity index (χ3n) is 6.23. The number of nitrogens with one attached hydrogen (secondary N) is 2. The molecule has 36 heavy (non-hydrogen) atoms. The molecule has 0 fully saturated rings. The van der Waals surface area contributed by atoms with Gasteiger partial charge in [-0.05, 0) is 72.2 Å². The van der Waals surface area contributed by atoms with E-state index < -0.39 is 0 Å². The van der Waals surface area contributed by atoms with Crippen LogP contribution in [0.4, 0.5) is 5.69 Å². The van der Waals surface area contributed by atoms with Crippen LogP contribution in [-0.2, 0) is 19.5 Å². The SMILES string of the molecule is CCc1ccccc1NC(=S)N(Cc1ccc2c(c1)OCO2)Cc1cc2cc(OC)ccc2[nH]c1=O. The van der Waals surface area contributed by atoms with E-state index in [2.05, 4.69) is 23.3 Å². The average molecular weight is 502 g/mol. The summed E-state index contributed by atoms with van der Waals surface area (Å²) >= 11 is 5.87. The molecule has 0 radical (unpaired) electrons. The van der Waals surface area contributed by atoms with Gasteiger partial charge in [-0.1, -0.05) is 31.2 Å². The van der Waals surface area contributed by atoms with Crippen molar-refractivity contribution in [2.45, 2.75) is 26.4 Å². The zero-order chi connectivity index (χ0) is 25.1. The lowest BCUT2D eigenvalue weighted by Crippen LogP contribution is -2.35. The van der Waals surface area contributed by atoms with Crippen molar-refractivity contribution in [2.24, 2.45) is 0 Å². The predicted molar refractivity (Wildman–Crippen MR) is 145 cm³/mol. The van der Waals surface area contributed by atoms with Crippen molar-refractivity contribution in [3.8, 4) is 17.2 Å². The summed E-state index contributed by atoms with van der Waals surface area (Å²) in [6, 6.07) is 21.4. The molecule has 3 aromatic carbocycles. The van der Waals surface area contributed by atoms with E-state index in [0.29, 0.717) is 29.5 Å². The van der Waals surface area contributed by atoms with E-state index in [1.54, 1.807) is 7.11 Å². The molecular formula is C28H27N3O4S. The lowest BCUT2D eigenvalue weighted by atomic mass is 10.1. The molecule has 0 atom stereocenters. The fourth-order valence-corrected chi connectivity index (χ4v) is 4.52. The van der Waals surface area contributed by atoms with Gasteiger partial charge >= 0.3 is 0 Å². The van der Waals surface area contributed by atoms with Gasteiger partial charge in [0.2, 0.25) is 6.79 Å². The Bertz CT molecular complexity index is 1480. The number of ether oxygens (including phenoxy) is 3. The fourth-order valence-electron chi connectivity index (χ4n) is 4.28. The summed E-state index contributed by atoms with van der Waals surface area (Å²) in [5.41, 5.74) is 4.32. The highest BCUT2D eigenvalue weighted by molar-refractivity contribution is 7.80. The molecule has 184 valence electrons. The minimum absolute atomic E-state index is 0.153. The zero-order valence-electron chi connectivity index (χ0n) is 20.2. The molecule has 1 aliphatic rings. The summed E-state index contributed by atoms with van der Waals surface area (Å²) in [7, 11) is 1.62. The number of benzene rings is 3. The van der Waals surface area contributed by atoms with Crippen LogP contribution in [0.5, 0.6) is 17.2 Å². The number of H-pyrrole nitrogens is 1. The number of methoxy groups -OCH3 is 1. The predicted octanol–water partition coefficient (Wildman–Crippen LogP) is 5.23. The van der Waals surface area contributed by atoms with E-state index >= 15 is 0 Å². The van der Waals surface area contributed by atoms with Crippen LogP contribution < -0.4 is 25.1 Å². The Morgan fingerprint density at radius 2 is 1.86 bits per heavy atom. The molecule has 0 aliphatic carbocycles.